The molecule has 1 aliphatic heterocycles. The summed E-state index contributed by atoms with van der Waals surface area (Å²) in [5, 5.41) is 4.09. The number of nitrogen functional groups attached to an aromatic ring is 1. The second-order valence-electron chi connectivity index (χ2n) is 8.75. The minimum atomic E-state index is 0.133. The van der Waals surface area contributed by atoms with E-state index in [4.69, 9.17) is 17.3 Å². The number of halogens is 1. The molecule has 158 valence electrons. The average Bonchev–Trinajstić information content (AvgIpc) is 3.59. The number of nitrogens with zero attached hydrogens (tertiary/aromatic N) is 2. The molecule has 1 heterocycles. The van der Waals surface area contributed by atoms with Crippen LogP contribution < -0.4 is 11.1 Å². The van der Waals surface area contributed by atoms with E-state index in [2.05, 4.69) is 5.32 Å². The molecule has 0 unspecified atom stereocenters. The molecule has 3 aliphatic rings. The fraction of sp³-hybridized carbons (Fsp3) is 0.636. The van der Waals surface area contributed by atoms with E-state index in [1.807, 2.05) is 21.9 Å². The standard InChI is InChI=1S/C22H31ClN4O2/c23-18-7-8-19(24)20(13-18)25-14-15-1-3-16(4-2-15)21(28)26-9-11-27(12-10-26)22(29)17-5-6-17/h7-8,13,15-17,25H,1-6,9-12,14,24H2/t15-,16-. The van der Waals surface area contributed by atoms with Crippen LogP contribution in [0.15, 0.2) is 18.2 Å². The number of piperazine rings is 1. The lowest BCUT2D eigenvalue weighted by Crippen LogP contribution is -2.52. The number of nitrogens with one attached hydrogen (secondary N) is 1. The van der Waals surface area contributed by atoms with E-state index in [9.17, 15) is 9.59 Å². The Morgan fingerprint density at radius 2 is 1.45 bits per heavy atom. The number of carbonyl (C=O) groups excluding carboxylic acids is 2. The Bertz CT molecular complexity index is 751. The monoisotopic (exact) mass is 418 g/mol. The van der Waals surface area contributed by atoms with Gasteiger partial charge >= 0.3 is 0 Å². The van der Waals surface area contributed by atoms with Crippen LogP contribution in [-0.2, 0) is 9.59 Å². The maximum Gasteiger partial charge on any atom is 0.225 e. The second kappa shape index (κ2) is 8.82. The number of amides is 2. The molecule has 3 N–H and O–H groups in total. The van der Waals surface area contributed by atoms with E-state index in [1.165, 1.54) is 0 Å². The summed E-state index contributed by atoms with van der Waals surface area (Å²) in [5.74, 6) is 1.53. The molecular formula is C22H31ClN4O2. The van der Waals surface area contributed by atoms with Gasteiger partial charge in [-0.25, -0.2) is 0 Å². The van der Waals surface area contributed by atoms with Gasteiger partial charge in [-0.2, -0.15) is 0 Å². The molecule has 0 bridgehead atoms. The Hall–Kier alpha value is -1.95. The number of hydrogen-bond donors (Lipinski definition) is 2. The summed E-state index contributed by atoms with van der Waals surface area (Å²) in [6.07, 6.45) is 6.06. The Labute approximate surface area is 177 Å². The third kappa shape index (κ3) is 4.97. The largest absolute Gasteiger partial charge is 0.397 e. The van der Waals surface area contributed by atoms with Gasteiger partial charge in [-0.05, 0) is 62.6 Å². The number of anilines is 2. The lowest BCUT2D eigenvalue weighted by molar-refractivity contribution is -0.143. The zero-order valence-electron chi connectivity index (χ0n) is 16.9. The highest BCUT2D eigenvalue weighted by Gasteiger charge is 2.36. The van der Waals surface area contributed by atoms with Crippen LogP contribution in [0, 0.1) is 17.8 Å². The topological polar surface area (TPSA) is 78.7 Å². The average molecular weight is 419 g/mol. The van der Waals surface area contributed by atoms with Crippen molar-refractivity contribution in [3.8, 4) is 0 Å². The van der Waals surface area contributed by atoms with Gasteiger partial charge in [-0.3, -0.25) is 9.59 Å². The summed E-state index contributed by atoms with van der Waals surface area (Å²) in [6, 6.07) is 5.47. The first-order chi connectivity index (χ1) is 14.0. The van der Waals surface area contributed by atoms with E-state index in [0.717, 1.165) is 50.8 Å². The lowest BCUT2D eigenvalue weighted by atomic mass is 9.81. The van der Waals surface area contributed by atoms with Crippen LogP contribution >= 0.6 is 11.6 Å². The summed E-state index contributed by atoms with van der Waals surface area (Å²) in [6.45, 7) is 3.62. The first kappa shape index (κ1) is 20.3. The molecule has 2 saturated carbocycles. The molecule has 0 spiro atoms. The molecule has 0 aromatic heterocycles. The van der Waals surface area contributed by atoms with Gasteiger partial charge in [0.2, 0.25) is 11.8 Å². The van der Waals surface area contributed by atoms with Crippen molar-refractivity contribution in [3.05, 3.63) is 23.2 Å². The maximum absolute atomic E-state index is 12.9. The van der Waals surface area contributed by atoms with Gasteiger partial charge in [-0.15, -0.1) is 0 Å². The number of benzene rings is 1. The molecule has 0 atom stereocenters. The van der Waals surface area contributed by atoms with Crippen molar-refractivity contribution in [2.75, 3.05) is 43.8 Å². The van der Waals surface area contributed by atoms with Crippen LogP contribution in [0.1, 0.15) is 38.5 Å². The molecular weight excluding hydrogens is 388 g/mol. The number of nitrogens with two attached hydrogens (primary N) is 1. The van der Waals surface area contributed by atoms with Crippen molar-refractivity contribution < 1.29 is 9.59 Å². The summed E-state index contributed by atoms with van der Waals surface area (Å²) < 4.78 is 0. The summed E-state index contributed by atoms with van der Waals surface area (Å²) in [5.41, 5.74) is 7.59. The molecule has 1 saturated heterocycles. The molecule has 29 heavy (non-hydrogen) atoms. The molecule has 0 radical (unpaired) electrons. The quantitative estimate of drug-likeness (QED) is 0.719. The van der Waals surface area contributed by atoms with Gasteiger partial charge in [0.05, 0.1) is 11.4 Å². The van der Waals surface area contributed by atoms with Crippen molar-refractivity contribution in [3.63, 3.8) is 0 Å². The molecule has 1 aromatic carbocycles. The Balaban J connectivity index is 1.20. The van der Waals surface area contributed by atoms with Crippen molar-refractivity contribution in [1.82, 2.24) is 9.80 Å². The zero-order chi connectivity index (χ0) is 20.4. The van der Waals surface area contributed by atoms with Crippen LogP contribution in [0.25, 0.3) is 0 Å². The van der Waals surface area contributed by atoms with E-state index >= 15 is 0 Å². The van der Waals surface area contributed by atoms with Crippen LogP contribution in [0.3, 0.4) is 0 Å². The highest BCUT2D eigenvalue weighted by molar-refractivity contribution is 6.31. The molecule has 6 nitrogen and oxygen atoms in total. The number of hydrogen-bond acceptors (Lipinski definition) is 4. The molecule has 4 rings (SSSR count). The van der Waals surface area contributed by atoms with E-state index < -0.39 is 0 Å². The van der Waals surface area contributed by atoms with Crippen LogP contribution in [0.2, 0.25) is 5.02 Å². The van der Waals surface area contributed by atoms with Gasteiger partial charge in [0, 0.05) is 49.6 Å². The predicted molar refractivity (Wildman–Crippen MR) is 116 cm³/mol. The third-order valence-corrected chi connectivity index (χ3v) is 6.86. The summed E-state index contributed by atoms with van der Waals surface area (Å²) in [7, 11) is 0. The van der Waals surface area contributed by atoms with Gasteiger partial charge < -0.3 is 20.9 Å². The molecule has 1 aromatic rings. The van der Waals surface area contributed by atoms with Gasteiger partial charge in [-0.1, -0.05) is 11.6 Å². The van der Waals surface area contributed by atoms with E-state index in [-0.39, 0.29) is 17.7 Å². The van der Waals surface area contributed by atoms with E-state index in [0.29, 0.717) is 48.7 Å². The minimum Gasteiger partial charge on any atom is -0.397 e. The predicted octanol–water partition coefficient (Wildman–Crippen LogP) is 3.22. The highest BCUT2D eigenvalue weighted by Crippen LogP contribution is 2.33. The Morgan fingerprint density at radius 1 is 0.931 bits per heavy atom. The van der Waals surface area contributed by atoms with Crippen LogP contribution in [0.5, 0.6) is 0 Å². The fourth-order valence-electron chi connectivity index (χ4n) is 4.54. The number of rotatable bonds is 5. The lowest BCUT2D eigenvalue weighted by Gasteiger charge is -2.38. The van der Waals surface area contributed by atoms with Gasteiger partial charge in [0.25, 0.3) is 0 Å². The summed E-state index contributed by atoms with van der Waals surface area (Å²) >= 11 is 6.05. The highest BCUT2D eigenvalue weighted by atomic mass is 35.5. The number of carbonyl (C=O) groups is 2. The first-order valence-electron chi connectivity index (χ1n) is 10.9. The van der Waals surface area contributed by atoms with Crippen LogP contribution in [-0.4, -0.2) is 54.3 Å². The normalized spacial score (nSPS) is 25.0. The van der Waals surface area contributed by atoms with Crippen molar-refractivity contribution in [2.45, 2.75) is 38.5 Å². The minimum absolute atomic E-state index is 0.133. The molecule has 2 amide bonds. The van der Waals surface area contributed by atoms with Crippen molar-refractivity contribution in [1.29, 1.82) is 0 Å². The zero-order valence-corrected chi connectivity index (χ0v) is 17.7. The van der Waals surface area contributed by atoms with Crippen LogP contribution in [0.4, 0.5) is 11.4 Å². The first-order valence-corrected chi connectivity index (χ1v) is 11.3. The molecule has 7 heteroatoms. The SMILES string of the molecule is Nc1ccc(Cl)cc1NC[C@H]1CC[C@H](C(=O)N2CCN(C(=O)C3CC3)CC2)CC1. The third-order valence-electron chi connectivity index (χ3n) is 6.62. The maximum atomic E-state index is 12.9. The second-order valence-corrected chi connectivity index (χ2v) is 9.19. The molecule has 2 aliphatic carbocycles. The van der Waals surface area contributed by atoms with Crippen molar-refractivity contribution in [2.24, 2.45) is 17.8 Å². The molecule has 3 fully saturated rings. The van der Waals surface area contributed by atoms with Gasteiger partial charge in [0.1, 0.15) is 0 Å². The smallest absolute Gasteiger partial charge is 0.225 e. The fourth-order valence-corrected chi connectivity index (χ4v) is 4.72. The van der Waals surface area contributed by atoms with E-state index in [1.54, 1.807) is 6.07 Å². The Kier molecular flexibility index (Phi) is 6.18. The van der Waals surface area contributed by atoms with Gasteiger partial charge in [0.15, 0.2) is 0 Å². The summed E-state index contributed by atoms with van der Waals surface area (Å²) in [4.78, 5) is 29.0. The Morgan fingerprint density at radius 3 is 1.97 bits per heavy atom. The van der Waals surface area contributed by atoms with Crippen molar-refractivity contribution >= 4 is 34.8 Å².